The summed E-state index contributed by atoms with van der Waals surface area (Å²) in [7, 11) is 1.63. The van der Waals surface area contributed by atoms with Crippen molar-refractivity contribution in [2.24, 2.45) is 5.41 Å². The van der Waals surface area contributed by atoms with Crippen molar-refractivity contribution in [2.75, 3.05) is 7.11 Å². The van der Waals surface area contributed by atoms with Crippen LogP contribution in [0, 0.1) is 5.41 Å². The average Bonchev–Trinajstić information content (AvgIpc) is 2.53. The first-order chi connectivity index (χ1) is 7.54. The van der Waals surface area contributed by atoms with Crippen molar-refractivity contribution >= 4 is 5.97 Å². The van der Waals surface area contributed by atoms with Crippen LogP contribution in [0.4, 0.5) is 0 Å². The first-order valence-corrected chi connectivity index (χ1v) is 5.38. The number of hydrogen-bond donors (Lipinski definition) is 0. The summed E-state index contributed by atoms with van der Waals surface area (Å²) in [6.45, 7) is 3.81. The van der Waals surface area contributed by atoms with Crippen LogP contribution in [-0.2, 0) is 9.53 Å². The number of hydrogen-bond acceptors (Lipinski definition) is 3. The molecule has 3 nitrogen and oxygen atoms in total. The minimum absolute atomic E-state index is 0.136. The fourth-order valence-electron chi connectivity index (χ4n) is 1.98. The van der Waals surface area contributed by atoms with E-state index < -0.39 is 5.41 Å². The molecule has 2 rings (SSSR count). The third-order valence-electron chi connectivity index (χ3n) is 2.98. The van der Waals surface area contributed by atoms with Crippen LogP contribution in [0.25, 0.3) is 0 Å². The molecule has 16 heavy (non-hydrogen) atoms. The van der Waals surface area contributed by atoms with Gasteiger partial charge in [0.05, 0.1) is 12.5 Å². The molecule has 1 saturated heterocycles. The summed E-state index contributed by atoms with van der Waals surface area (Å²) in [5.41, 5.74) is 0.551. The van der Waals surface area contributed by atoms with Gasteiger partial charge in [-0.1, -0.05) is 18.2 Å². The van der Waals surface area contributed by atoms with Crippen molar-refractivity contribution in [3.05, 3.63) is 29.8 Å². The molecule has 1 atom stereocenters. The Hall–Kier alpha value is -1.51. The fourth-order valence-corrected chi connectivity index (χ4v) is 1.98. The van der Waals surface area contributed by atoms with Gasteiger partial charge in [0.25, 0.3) is 0 Å². The van der Waals surface area contributed by atoms with Crippen molar-refractivity contribution in [1.29, 1.82) is 0 Å². The van der Waals surface area contributed by atoms with Crippen molar-refractivity contribution in [2.45, 2.75) is 26.4 Å². The molecule has 0 aliphatic carbocycles. The van der Waals surface area contributed by atoms with Crippen molar-refractivity contribution in [3.8, 4) is 5.75 Å². The highest BCUT2D eigenvalue weighted by Crippen LogP contribution is 2.43. The predicted molar refractivity (Wildman–Crippen MR) is 60.2 cm³/mol. The Balaban J connectivity index is 2.30. The van der Waals surface area contributed by atoms with Gasteiger partial charge in [0.15, 0.2) is 0 Å². The van der Waals surface area contributed by atoms with Gasteiger partial charge in [0, 0.05) is 12.0 Å². The van der Waals surface area contributed by atoms with Crippen LogP contribution >= 0.6 is 0 Å². The molecule has 1 aromatic rings. The lowest BCUT2D eigenvalue weighted by molar-refractivity contribution is -0.147. The third-order valence-corrected chi connectivity index (χ3v) is 2.98. The molecule has 0 radical (unpaired) electrons. The topological polar surface area (TPSA) is 35.5 Å². The first kappa shape index (κ1) is 11.0. The predicted octanol–water partition coefficient (Wildman–Crippen LogP) is 2.71. The molecule has 3 heteroatoms. The van der Waals surface area contributed by atoms with E-state index in [-0.39, 0.29) is 12.1 Å². The number of para-hydroxylation sites is 1. The molecule has 0 N–H and O–H groups in total. The van der Waals surface area contributed by atoms with Gasteiger partial charge in [-0.2, -0.15) is 0 Å². The monoisotopic (exact) mass is 220 g/mol. The molecule has 1 aliphatic rings. The van der Waals surface area contributed by atoms with E-state index in [0.29, 0.717) is 6.42 Å². The molecule has 0 bridgehead atoms. The molecule has 0 saturated carbocycles. The lowest BCUT2D eigenvalue weighted by Crippen LogP contribution is -2.16. The van der Waals surface area contributed by atoms with Gasteiger partial charge in [-0.05, 0) is 19.9 Å². The van der Waals surface area contributed by atoms with E-state index in [1.807, 2.05) is 38.1 Å². The zero-order chi connectivity index (χ0) is 11.8. The summed E-state index contributed by atoms with van der Waals surface area (Å²) < 4.78 is 10.7. The smallest absolute Gasteiger partial charge is 0.312 e. The van der Waals surface area contributed by atoms with Crippen LogP contribution in [0.1, 0.15) is 31.9 Å². The Morgan fingerprint density at radius 3 is 2.62 bits per heavy atom. The van der Waals surface area contributed by atoms with Gasteiger partial charge in [-0.25, -0.2) is 0 Å². The summed E-state index contributed by atoms with van der Waals surface area (Å²) in [4.78, 5) is 11.6. The number of carbonyl (C=O) groups excluding carboxylic acids is 1. The lowest BCUT2D eigenvalue weighted by atomic mass is 9.88. The number of rotatable bonds is 2. The zero-order valence-corrected chi connectivity index (χ0v) is 9.82. The van der Waals surface area contributed by atoms with Gasteiger partial charge in [0.2, 0.25) is 0 Å². The highest BCUT2D eigenvalue weighted by atomic mass is 16.6. The molecule has 1 heterocycles. The number of ether oxygens (including phenoxy) is 2. The number of benzene rings is 1. The second-order valence-electron chi connectivity index (χ2n) is 4.72. The van der Waals surface area contributed by atoms with E-state index in [2.05, 4.69) is 0 Å². The van der Waals surface area contributed by atoms with E-state index in [0.717, 1.165) is 11.3 Å². The number of esters is 1. The number of methoxy groups -OCH3 is 1. The Bertz CT molecular complexity index is 409. The zero-order valence-electron chi connectivity index (χ0n) is 9.82. The van der Waals surface area contributed by atoms with Gasteiger partial charge in [-0.3, -0.25) is 4.79 Å². The van der Waals surface area contributed by atoms with Crippen LogP contribution in [0.5, 0.6) is 5.75 Å². The quantitative estimate of drug-likeness (QED) is 0.719. The fraction of sp³-hybridized carbons (Fsp3) is 0.462. The van der Waals surface area contributed by atoms with E-state index in [1.165, 1.54) is 0 Å². The summed E-state index contributed by atoms with van der Waals surface area (Å²) in [6.07, 6.45) is 0.519. The molecule has 1 aliphatic heterocycles. The largest absolute Gasteiger partial charge is 0.496 e. The Kier molecular flexibility index (Phi) is 2.62. The maximum Gasteiger partial charge on any atom is 0.312 e. The summed E-state index contributed by atoms with van der Waals surface area (Å²) in [6, 6.07) is 7.66. The van der Waals surface area contributed by atoms with E-state index >= 15 is 0 Å². The Morgan fingerprint density at radius 2 is 2.06 bits per heavy atom. The summed E-state index contributed by atoms with van der Waals surface area (Å²) >= 11 is 0. The molecular weight excluding hydrogens is 204 g/mol. The van der Waals surface area contributed by atoms with Crippen molar-refractivity contribution in [1.82, 2.24) is 0 Å². The SMILES string of the molecule is COc1ccccc1[C@@H]1CC(C)(C)C(=O)O1. The van der Waals surface area contributed by atoms with Crippen LogP contribution in [0.2, 0.25) is 0 Å². The second kappa shape index (κ2) is 3.81. The minimum Gasteiger partial charge on any atom is -0.496 e. The number of carbonyl (C=O) groups is 1. The van der Waals surface area contributed by atoms with Gasteiger partial charge < -0.3 is 9.47 Å². The highest BCUT2D eigenvalue weighted by Gasteiger charge is 2.42. The normalized spacial score (nSPS) is 22.9. The summed E-state index contributed by atoms with van der Waals surface area (Å²) in [5, 5.41) is 0. The third kappa shape index (κ3) is 1.77. The van der Waals surface area contributed by atoms with Crippen LogP contribution < -0.4 is 4.74 Å². The van der Waals surface area contributed by atoms with Crippen molar-refractivity contribution in [3.63, 3.8) is 0 Å². The molecule has 1 fully saturated rings. The average molecular weight is 220 g/mol. The maximum atomic E-state index is 11.6. The van der Waals surface area contributed by atoms with Gasteiger partial charge in [-0.15, -0.1) is 0 Å². The van der Waals surface area contributed by atoms with Gasteiger partial charge in [0.1, 0.15) is 11.9 Å². The molecule has 1 aromatic carbocycles. The molecule has 0 spiro atoms. The maximum absolute atomic E-state index is 11.6. The van der Waals surface area contributed by atoms with Crippen molar-refractivity contribution < 1.29 is 14.3 Å². The Morgan fingerprint density at radius 1 is 1.38 bits per heavy atom. The highest BCUT2D eigenvalue weighted by molar-refractivity contribution is 5.78. The second-order valence-corrected chi connectivity index (χ2v) is 4.72. The molecule has 86 valence electrons. The number of cyclic esters (lactones) is 1. The molecule has 0 aromatic heterocycles. The Labute approximate surface area is 95.4 Å². The van der Waals surface area contributed by atoms with Gasteiger partial charge >= 0.3 is 5.97 Å². The van der Waals surface area contributed by atoms with E-state index in [1.54, 1.807) is 7.11 Å². The standard InChI is InChI=1S/C13H16O3/c1-13(2)8-11(16-12(13)14)9-6-4-5-7-10(9)15-3/h4-7,11H,8H2,1-3H3/t11-/m0/s1. The lowest BCUT2D eigenvalue weighted by Gasteiger charge is -2.14. The minimum atomic E-state index is -0.397. The first-order valence-electron chi connectivity index (χ1n) is 5.38. The van der Waals surface area contributed by atoms with E-state index in [9.17, 15) is 4.79 Å². The molecular formula is C13H16O3. The van der Waals surface area contributed by atoms with Crippen LogP contribution in [0.3, 0.4) is 0 Å². The van der Waals surface area contributed by atoms with Crippen LogP contribution in [0.15, 0.2) is 24.3 Å². The molecule has 0 amide bonds. The van der Waals surface area contributed by atoms with Crippen LogP contribution in [-0.4, -0.2) is 13.1 Å². The van der Waals surface area contributed by atoms with E-state index in [4.69, 9.17) is 9.47 Å². The summed E-state index contributed by atoms with van der Waals surface area (Å²) in [5.74, 6) is 0.640. The molecule has 0 unspecified atom stereocenters.